The van der Waals surface area contributed by atoms with E-state index in [9.17, 15) is 4.79 Å². The highest BCUT2D eigenvalue weighted by atomic mass is 16.1. The van der Waals surface area contributed by atoms with Crippen LogP contribution in [0.4, 0.5) is 5.82 Å². The van der Waals surface area contributed by atoms with Crippen molar-refractivity contribution >= 4 is 11.7 Å². The van der Waals surface area contributed by atoms with Gasteiger partial charge in [-0.25, -0.2) is 9.97 Å². The van der Waals surface area contributed by atoms with Crippen molar-refractivity contribution in [1.82, 2.24) is 20.2 Å². The molecule has 0 aromatic carbocycles. The molecule has 2 heterocycles. The summed E-state index contributed by atoms with van der Waals surface area (Å²) in [5.74, 6) is 0.803. The molecule has 6 heteroatoms. The van der Waals surface area contributed by atoms with Crippen molar-refractivity contribution in [2.75, 3.05) is 37.6 Å². The van der Waals surface area contributed by atoms with E-state index in [2.05, 4.69) is 32.0 Å². The number of amides is 1. The second-order valence-corrected chi connectivity index (χ2v) is 6.49. The number of hydrogen-bond donors (Lipinski definition) is 1. The topological polar surface area (TPSA) is 61.4 Å². The van der Waals surface area contributed by atoms with Crippen LogP contribution in [-0.2, 0) is 0 Å². The van der Waals surface area contributed by atoms with Gasteiger partial charge in [0.1, 0.15) is 17.8 Å². The maximum Gasteiger partial charge on any atom is 0.270 e. The molecule has 23 heavy (non-hydrogen) atoms. The summed E-state index contributed by atoms with van der Waals surface area (Å²) in [4.78, 5) is 25.6. The minimum absolute atomic E-state index is 0.0623. The minimum atomic E-state index is -0.0623. The van der Waals surface area contributed by atoms with Crippen molar-refractivity contribution in [3.05, 3.63) is 18.1 Å². The number of carbonyl (C=O) groups excluding carboxylic acids is 1. The van der Waals surface area contributed by atoms with Crippen molar-refractivity contribution < 1.29 is 4.79 Å². The zero-order valence-corrected chi connectivity index (χ0v) is 14.0. The summed E-state index contributed by atoms with van der Waals surface area (Å²) in [5, 5.41) is 3.13. The Morgan fingerprint density at radius 2 is 1.91 bits per heavy atom. The Morgan fingerprint density at radius 3 is 2.61 bits per heavy atom. The van der Waals surface area contributed by atoms with Crippen LogP contribution in [0.1, 0.15) is 49.5 Å². The fourth-order valence-corrected chi connectivity index (χ4v) is 3.44. The number of nitrogens with one attached hydrogen (secondary N) is 1. The van der Waals surface area contributed by atoms with Crippen molar-refractivity contribution in [1.29, 1.82) is 0 Å². The van der Waals surface area contributed by atoms with Gasteiger partial charge in [-0.1, -0.05) is 26.2 Å². The molecule has 126 valence electrons. The van der Waals surface area contributed by atoms with Crippen molar-refractivity contribution in [3.8, 4) is 0 Å². The van der Waals surface area contributed by atoms with Gasteiger partial charge in [-0.3, -0.25) is 4.79 Å². The fraction of sp³-hybridized carbons (Fsp3) is 0.706. The first-order valence-corrected chi connectivity index (χ1v) is 8.86. The molecule has 3 rings (SSSR count). The van der Waals surface area contributed by atoms with Crippen molar-refractivity contribution in [2.45, 2.75) is 45.1 Å². The molecule has 1 aliphatic heterocycles. The summed E-state index contributed by atoms with van der Waals surface area (Å²) in [5.41, 5.74) is 0.485. The molecule has 0 unspecified atom stereocenters. The van der Waals surface area contributed by atoms with Gasteiger partial charge in [-0.15, -0.1) is 0 Å². The molecule has 1 amide bonds. The lowest BCUT2D eigenvalue weighted by Gasteiger charge is -2.34. The van der Waals surface area contributed by atoms with Gasteiger partial charge in [0, 0.05) is 38.3 Å². The van der Waals surface area contributed by atoms with E-state index in [1.807, 2.05) is 6.07 Å². The van der Waals surface area contributed by atoms with E-state index in [1.165, 1.54) is 25.6 Å². The van der Waals surface area contributed by atoms with Gasteiger partial charge < -0.3 is 15.1 Å². The lowest BCUT2D eigenvalue weighted by Crippen LogP contribution is -2.46. The summed E-state index contributed by atoms with van der Waals surface area (Å²) in [6.45, 7) is 7.28. The first kappa shape index (κ1) is 16.2. The van der Waals surface area contributed by atoms with E-state index in [4.69, 9.17) is 0 Å². The lowest BCUT2D eigenvalue weighted by molar-refractivity contribution is 0.0922. The van der Waals surface area contributed by atoms with Gasteiger partial charge in [0.15, 0.2) is 0 Å². The second kappa shape index (κ2) is 7.73. The monoisotopic (exact) mass is 317 g/mol. The molecule has 2 aliphatic rings. The smallest absolute Gasteiger partial charge is 0.270 e. The Balaban J connectivity index is 1.61. The Hall–Kier alpha value is -1.69. The van der Waals surface area contributed by atoms with Crippen LogP contribution >= 0.6 is 0 Å². The van der Waals surface area contributed by atoms with Gasteiger partial charge in [0.2, 0.25) is 0 Å². The molecular formula is C17H27N5O. The molecule has 1 aromatic rings. The summed E-state index contributed by atoms with van der Waals surface area (Å²) in [6.07, 6.45) is 7.39. The number of aromatic nitrogens is 2. The summed E-state index contributed by atoms with van der Waals surface area (Å²) >= 11 is 0. The standard InChI is InChI=1S/C17H27N5O/c1-2-21-8-10-22(11-9-21)16-12-15(18-13-19-16)17(23)20-14-6-4-3-5-7-14/h12-14H,2-11H2,1H3,(H,20,23). The van der Waals surface area contributed by atoms with Crippen LogP contribution in [0.2, 0.25) is 0 Å². The van der Waals surface area contributed by atoms with E-state index < -0.39 is 0 Å². The number of nitrogens with zero attached hydrogens (tertiary/aromatic N) is 4. The SMILES string of the molecule is CCN1CCN(c2cc(C(=O)NC3CCCCC3)ncn2)CC1. The van der Waals surface area contributed by atoms with Crippen LogP contribution in [0, 0.1) is 0 Å². The van der Waals surface area contributed by atoms with E-state index in [-0.39, 0.29) is 5.91 Å². The van der Waals surface area contributed by atoms with Crippen molar-refractivity contribution in [2.24, 2.45) is 0 Å². The molecule has 1 aliphatic carbocycles. The van der Waals surface area contributed by atoms with Crippen LogP contribution in [0.3, 0.4) is 0 Å². The maximum absolute atomic E-state index is 12.4. The number of likely N-dealkylation sites (N-methyl/N-ethyl adjacent to an activating group) is 1. The van der Waals surface area contributed by atoms with Crippen LogP contribution in [0.15, 0.2) is 12.4 Å². The second-order valence-electron chi connectivity index (χ2n) is 6.49. The lowest BCUT2D eigenvalue weighted by atomic mass is 9.95. The van der Waals surface area contributed by atoms with Gasteiger partial charge in [-0.2, -0.15) is 0 Å². The first-order valence-electron chi connectivity index (χ1n) is 8.86. The average Bonchev–Trinajstić information content (AvgIpc) is 2.63. The van der Waals surface area contributed by atoms with E-state index in [1.54, 1.807) is 0 Å². The zero-order chi connectivity index (χ0) is 16.1. The number of rotatable bonds is 4. The molecule has 1 saturated heterocycles. The fourth-order valence-electron chi connectivity index (χ4n) is 3.44. The molecule has 1 N–H and O–H groups in total. The quantitative estimate of drug-likeness (QED) is 0.915. The summed E-state index contributed by atoms with van der Waals surface area (Å²) < 4.78 is 0. The molecule has 1 saturated carbocycles. The van der Waals surface area contributed by atoms with Gasteiger partial charge in [-0.05, 0) is 19.4 Å². The highest BCUT2D eigenvalue weighted by Crippen LogP contribution is 2.18. The average molecular weight is 317 g/mol. The predicted octanol–water partition coefficient (Wildman–Crippen LogP) is 1.68. The largest absolute Gasteiger partial charge is 0.354 e. The zero-order valence-electron chi connectivity index (χ0n) is 14.0. The molecule has 1 aromatic heterocycles. The molecule has 0 radical (unpaired) electrons. The maximum atomic E-state index is 12.4. The summed E-state index contributed by atoms with van der Waals surface area (Å²) in [7, 11) is 0. The normalized spacial score (nSPS) is 20.5. The third kappa shape index (κ3) is 4.19. The molecule has 0 atom stereocenters. The molecule has 0 bridgehead atoms. The van der Waals surface area contributed by atoms with Crippen LogP contribution in [-0.4, -0.2) is 59.5 Å². The molecule has 2 fully saturated rings. The van der Waals surface area contributed by atoms with Gasteiger partial charge in [0.05, 0.1) is 0 Å². The Morgan fingerprint density at radius 1 is 1.17 bits per heavy atom. The highest BCUT2D eigenvalue weighted by molar-refractivity contribution is 5.93. The van der Waals surface area contributed by atoms with E-state index in [0.29, 0.717) is 11.7 Å². The number of hydrogen-bond acceptors (Lipinski definition) is 5. The van der Waals surface area contributed by atoms with E-state index in [0.717, 1.165) is 51.4 Å². The Kier molecular flexibility index (Phi) is 5.43. The molecule has 0 spiro atoms. The van der Waals surface area contributed by atoms with Crippen LogP contribution in [0.25, 0.3) is 0 Å². The van der Waals surface area contributed by atoms with Crippen LogP contribution in [0.5, 0.6) is 0 Å². The molecule has 6 nitrogen and oxygen atoms in total. The highest BCUT2D eigenvalue weighted by Gasteiger charge is 2.20. The Labute approximate surface area is 138 Å². The number of carbonyl (C=O) groups is 1. The third-order valence-corrected chi connectivity index (χ3v) is 4.97. The predicted molar refractivity (Wildman–Crippen MR) is 90.7 cm³/mol. The number of anilines is 1. The van der Waals surface area contributed by atoms with E-state index >= 15 is 0 Å². The summed E-state index contributed by atoms with van der Waals surface area (Å²) in [6, 6.07) is 2.14. The van der Waals surface area contributed by atoms with Crippen LogP contribution < -0.4 is 10.2 Å². The number of piperazine rings is 1. The minimum Gasteiger partial charge on any atom is -0.354 e. The molecular weight excluding hydrogens is 290 g/mol. The first-order chi connectivity index (χ1) is 11.3. The Bertz CT molecular complexity index is 521. The van der Waals surface area contributed by atoms with Gasteiger partial charge >= 0.3 is 0 Å². The van der Waals surface area contributed by atoms with Gasteiger partial charge in [0.25, 0.3) is 5.91 Å². The van der Waals surface area contributed by atoms with Crippen molar-refractivity contribution in [3.63, 3.8) is 0 Å². The third-order valence-electron chi connectivity index (χ3n) is 4.97.